The Balaban J connectivity index is 4.76. The Hall–Kier alpha value is -2.44. The van der Waals surface area contributed by atoms with E-state index in [4.69, 9.17) is 4.74 Å². The Morgan fingerprint density at radius 2 is 0.895 bits per heavy atom. The van der Waals surface area contributed by atoms with E-state index in [9.17, 15) is 19.8 Å². The fraction of sp³-hybridized carbons (Fsp3) is 0.765. The van der Waals surface area contributed by atoms with Gasteiger partial charge in [0.05, 0.1) is 25.2 Å². The third kappa shape index (κ3) is 40.1. The minimum atomic E-state index is -0.806. The summed E-state index contributed by atoms with van der Waals surface area (Å²) < 4.78 is 5.86. The average Bonchev–Trinajstić information content (AvgIpc) is 3.20. The Bertz CT molecular complexity index is 1030. The zero-order chi connectivity index (χ0) is 41.7. The zero-order valence-corrected chi connectivity index (χ0v) is 37.5. The highest BCUT2D eigenvalue weighted by Gasteiger charge is 2.23. The SMILES string of the molecule is CCCCC/C=C\C/C=C\C/C=C\CCCCC(CC(=O)NC(CO)C(O)CCCCCCCCCCCC)OC(=O)CC/C=C/C/C=C\CCCCCCCC. The minimum Gasteiger partial charge on any atom is -0.462 e. The first-order valence-corrected chi connectivity index (χ1v) is 24.0. The van der Waals surface area contributed by atoms with Crippen LogP contribution in [0.15, 0.2) is 60.8 Å². The van der Waals surface area contributed by atoms with Crippen LogP contribution in [0, 0.1) is 0 Å². The number of hydrogen-bond acceptors (Lipinski definition) is 5. The second-order valence-electron chi connectivity index (χ2n) is 16.2. The van der Waals surface area contributed by atoms with E-state index in [0.717, 1.165) is 64.2 Å². The van der Waals surface area contributed by atoms with Crippen molar-refractivity contribution in [1.29, 1.82) is 0 Å². The van der Waals surface area contributed by atoms with Crippen molar-refractivity contribution < 1.29 is 24.5 Å². The molecular formula is C51H91NO5. The summed E-state index contributed by atoms with van der Waals surface area (Å²) in [4.78, 5) is 26.0. The molecule has 0 saturated heterocycles. The van der Waals surface area contributed by atoms with Gasteiger partial charge in [0, 0.05) is 6.42 Å². The molecule has 1 amide bonds. The fourth-order valence-corrected chi connectivity index (χ4v) is 6.90. The molecule has 0 aromatic carbocycles. The van der Waals surface area contributed by atoms with Gasteiger partial charge in [0.2, 0.25) is 5.91 Å². The largest absolute Gasteiger partial charge is 0.462 e. The lowest BCUT2D eigenvalue weighted by atomic mass is 10.0. The predicted octanol–water partition coefficient (Wildman–Crippen LogP) is 14.1. The summed E-state index contributed by atoms with van der Waals surface area (Å²) in [6, 6.07) is -0.724. The number of carbonyl (C=O) groups is 2. The maximum atomic E-state index is 13.1. The predicted molar refractivity (Wildman–Crippen MR) is 245 cm³/mol. The first-order chi connectivity index (χ1) is 28.0. The van der Waals surface area contributed by atoms with E-state index in [2.05, 4.69) is 80.8 Å². The van der Waals surface area contributed by atoms with E-state index in [1.165, 1.54) is 109 Å². The van der Waals surface area contributed by atoms with Crippen LogP contribution in [0.3, 0.4) is 0 Å². The Kier molecular flexibility index (Phi) is 42.7. The molecule has 0 bridgehead atoms. The summed E-state index contributed by atoms with van der Waals surface area (Å²) in [5.74, 6) is -0.595. The van der Waals surface area contributed by atoms with Crippen LogP contribution in [0.2, 0.25) is 0 Å². The van der Waals surface area contributed by atoms with Gasteiger partial charge in [-0.15, -0.1) is 0 Å². The molecule has 330 valence electrons. The van der Waals surface area contributed by atoms with Crippen LogP contribution in [-0.2, 0) is 14.3 Å². The van der Waals surface area contributed by atoms with Crippen molar-refractivity contribution in [3.05, 3.63) is 60.8 Å². The molecule has 6 heteroatoms. The molecule has 0 saturated carbocycles. The van der Waals surface area contributed by atoms with Gasteiger partial charge in [-0.25, -0.2) is 0 Å². The summed E-state index contributed by atoms with van der Waals surface area (Å²) in [5, 5.41) is 23.6. The average molecular weight is 798 g/mol. The van der Waals surface area contributed by atoms with Gasteiger partial charge in [-0.05, 0) is 83.5 Å². The first kappa shape index (κ1) is 54.6. The van der Waals surface area contributed by atoms with E-state index in [0.29, 0.717) is 19.3 Å². The van der Waals surface area contributed by atoms with Crippen molar-refractivity contribution in [2.45, 2.75) is 244 Å². The lowest BCUT2D eigenvalue weighted by Crippen LogP contribution is -2.46. The fourth-order valence-electron chi connectivity index (χ4n) is 6.90. The van der Waals surface area contributed by atoms with Gasteiger partial charge in [-0.2, -0.15) is 0 Å². The topological polar surface area (TPSA) is 95.9 Å². The van der Waals surface area contributed by atoms with Gasteiger partial charge in [0.25, 0.3) is 0 Å². The second-order valence-corrected chi connectivity index (χ2v) is 16.2. The van der Waals surface area contributed by atoms with Gasteiger partial charge < -0.3 is 20.3 Å². The molecule has 3 unspecified atom stereocenters. The summed E-state index contributed by atoms with van der Waals surface area (Å²) in [6.45, 7) is 6.40. The van der Waals surface area contributed by atoms with Crippen LogP contribution in [0.4, 0.5) is 0 Å². The molecule has 57 heavy (non-hydrogen) atoms. The molecule has 0 spiro atoms. The quantitative estimate of drug-likeness (QED) is 0.0325. The monoisotopic (exact) mass is 798 g/mol. The maximum absolute atomic E-state index is 13.1. The lowest BCUT2D eigenvalue weighted by molar-refractivity contribution is -0.150. The molecular weight excluding hydrogens is 707 g/mol. The van der Waals surface area contributed by atoms with E-state index >= 15 is 0 Å². The van der Waals surface area contributed by atoms with Crippen LogP contribution in [0.25, 0.3) is 0 Å². The van der Waals surface area contributed by atoms with Crippen molar-refractivity contribution in [1.82, 2.24) is 5.32 Å². The van der Waals surface area contributed by atoms with E-state index in [1.807, 2.05) is 6.08 Å². The molecule has 0 heterocycles. The number of aliphatic hydroxyl groups is 2. The summed E-state index contributed by atoms with van der Waals surface area (Å²) in [6.07, 6.45) is 54.3. The van der Waals surface area contributed by atoms with Gasteiger partial charge >= 0.3 is 5.97 Å². The van der Waals surface area contributed by atoms with E-state index < -0.39 is 18.2 Å². The van der Waals surface area contributed by atoms with Gasteiger partial charge in [0.15, 0.2) is 0 Å². The molecule has 6 nitrogen and oxygen atoms in total. The van der Waals surface area contributed by atoms with Crippen molar-refractivity contribution in [3.8, 4) is 0 Å². The second kappa shape index (κ2) is 44.7. The summed E-state index contributed by atoms with van der Waals surface area (Å²) >= 11 is 0. The van der Waals surface area contributed by atoms with Crippen LogP contribution < -0.4 is 5.32 Å². The maximum Gasteiger partial charge on any atom is 0.306 e. The van der Waals surface area contributed by atoms with E-state index in [1.54, 1.807) is 0 Å². The number of hydrogen-bond donors (Lipinski definition) is 3. The first-order valence-electron chi connectivity index (χ1n) is 24.0. The minimum absolute atomic E-state index is 0.0279. The molecule has 0 aromatic heterocycles. The van der Waals surface area contributed by atoms with Gasteiger partial charge in [-0.1, -0.05) is 191 Å². The van der Waals surface area contributed by atoms with Crippen molar-refractivity contribution >= 4 is 11.9 Å². The smallest absolute Gasteiger partial charge is 0.306 e. The van der Waals surface area contributed by atoms with E-state index in [-0.39, 0.29) is 31.3 Å². The number of carbonyl (C=O) groups excluding carboxylic acids is 2. The number of aliphatic hydroxyl groups excluding tert-OH is 2. The van der Waals surface area contributed by atoms with Crippen LogP contribution in [-0.4, -0.2) is 46.9 Å². The molecule has 0 aliphatic carbocycles. The molecule has 3 atom stereocenters. The molecule has 0 rings (SSSR count). The number of nitrogens with one attached hydrogen (secondary N) is 1. The highest BCUT2D eigenvalue weighted by molar-refractivity contribution is 5.77. The number of rotatable bonds is 42. The highest BCUT2D eigenvalue weighted by Crippen LogP contribution is 2.16. The number of unbranched alkanes of at least 4 members (excludes halogenated alkanes) is 20. The third-order valence-corrected chi connectivity index (χ3v) is 10.6. The van der Waals surface area contributed by atoms with Gasteiger partial charge in [0.1, 0.15) is 6.10 Å². The summed E-state index contributed by atoms with van der Waals surface area (Å²) in [5.41, 5.74) is 0. The third-order valence-electron chi connectivity index (χ3n) is 10.6. The zero-order valence-electron chi connectivity index (χ0n) is 37.5. The van der Waals surface area contributed by atoms with Crippen molar-refractivity contribution in [3.63, 3.8) is 0 Å². The summed E-state index contributed by atoms with van der Waals surface area (Å²) in [7, 11) is 0. The molecule has 0 aromatic rings. The highest BCUT2D eigenvalue weighted by atomic mass is 16.5. The normalized spacial score (nSPS) is 13.8. The molecule has 0 aliphatic heterocycles. The number of allylic oxidation sites excluding steroid dienone is 10. The van der Waals surface area contributed by atoms with Crippen LogP contribution in [0.1, 0.15) is 226 Å². The van der Waals surface area contributed by atoms with Crippen LogP contribution >= 0.6 is 0 Å². The number of ether oxygens (including phenoxy) is 1. The van der Waals surface area contributed by atoms with Gasteiger partial charge in [-0.3, -0.25) is 9.59 Å². The lowest BCUT2D eigenvalue weighted by Gasteiger charge is -2.24. The van der Waals surface area contributed by atoms with Crippen molar-refractivity contribution in [2.75, 3.05) is 6.61 Å². The molecule has 3 N–H and O–H groups in total. The Morgan fingerprint density at radius 3 is 1.40 bits per heavy atom. The molecule has 0 radical (unpaired) electrons. The van der Waals surface area contributed by atoms with Crippen LogP contribution in [0.5, 0.6) is 0 Å². The molecule has 0 aliphatic rings. The Morgan fingerprint density at radius 1 is 0.509 bits per heavy atom. The number of esters is 1. The Labute approximate surface area is 352 Å². The number of amides is 1. The molecule has 0 fully saturated rings. The standard InChI is InChI=1S/C51H91NO5/c1-4-7-10-13-16-19-22-24-25-27-28-30-33-36-39-42-47(57-51(56)44-41-38-35-32-29-26-23-20-17-14-11-8-5-2)45-50(55)52-48(46-53)49(54)43-40-37-34-31-21-18-15-12-9-6-3/h16,19,24-26,28-30,35,38,47-49,53-54H,4-15,17-18,20-23,27,31-34,36-37,39-46H2,1-3H3,(H,52,55)/b19-16-,25-24-,29-26-,30-28-,38-35+. The van der Waals surface area contributed by atoms with Crippen molar-refractivity contribution in [2.24, 2.45) is 0 Å².